The summed E-state index contributed by atoms with van der Waals surface area (Å²) in [6, 6.07) is -1.46. The van der Waals surface area contributed by atoms with Gasteiger partial charge < -0.3 is 45.3 Å². The molecule has 0 aromatic rings. The molecule has 0 fully saturated rings. The summed E-state index contributed by atoms with van der Waals surface area (Å²) in [6.45, 7) is 1.94. The minimum atomic E-state index is -1.58. The van der Waals surface area contributed by atoms with Crippen LogP contribution in [0.4, 0.5) is 0 Å². The van der Waals surface area contributed by atoms with Gasteiger partial charge in [0.2, 0.25) is 0 Å². The van der Waals surface area contributed by atoms with Gasteiger partial charge in [-0.15, -0.1) is 0 Å². The molecule has 0 heterocycles. The first-order chi connectivity index (χ1) is 7.50. The minimum Gasteiger partial charge on any atom is -0.550 e. The van der Waals surface area contributed by atoms with E-state index in [1.54, 1.807) is 0 Å². The second-order valence-electron chi connectivity index (χ2n) is 2.48. The third kappa shape index (κ3) is 88.8. The number of carboxylic acid groups (broad SMARTS) is 4. The van der Waals surface area contributed by atoms with Gasteiger partial charge >= 0.3 is 118 Å². The van der Waals surface area contributed by atoms with Crippen molar-refractivity contribution in [3.63, 3.8) is 0 Å². The fraction of sp³-hybridized carbons (Fsp3) is 0.500. The summed E-state index contributed by atoms with van der Waals surface area (Å²) in [5, 5.41) is 37.1. The molecule has 0 aliphatic rings. The molecule has 0 amide bonds. The Kier molecular flexibility index (Phi) is 61.6. The van der Waals surface area contributed by atoms with Crippen LogP contribution in [0.25, 0.3) is 0 Å². The van der Waals surface area contributed by atoms with Crippen molar-refractivity contribution in [2.45, 2.75) is 26.3 Å². The maximum absolute atomic E-state index is 9.71. The first-order valence-electron chi connectivity index (χ1n) is 4.02. The Morgan fingerprint density at radius 3 is 1.05 bits per heavy atom. The largest absolute Gasteiger partial charge is 1.00 e. The molecule has 0 aliphatic carbocycles. The third-order valence-electron chi connectivity index (χ3n) is 0.689. The zero-order valence-electron chi connectivity index (χ0n) is 13.1. The number of hydrogen-bond acceptors (Lipinski definition) is 9. The van der Waals surface area contributed by atoms with Crippen molar-refractivity contribution in [1.29, 1.82) is 0 Å². The van der Waals surface area contributed by atoms with Gasteiger partial charge in [-0.1, -0.05) is 0 Å². The van der Waals surface area contributed by atoms with E-state index in [9.17, 15) is 19.8 Å². The number of carbonyl (C=O) groups excluding carboxylic acids is 4. The quantitative estimate of drug-likeness (QED) is 0.486. The Morgan fingerprint density at radius 1 is 0.810 bits per heavy atom. The zero-order valence-corrected chi connectivity index (χ0v) is 21.1. The minimum absolute atomic E-state index is 0. The summed E-state index contributed by atoms with van der Waals surface area (Å²) in [5.74, 6) is -5.24. The van der Waals surface area contributed by atoms with Crippen molar-refractivity contribution in [1.82, 2.24) is 0 Å². The summed E-state index contributed by atoms with van der Waals surface area (Å²) in [5.41, 5.74) is 4.73. The van der Waals surface area contributed by atoms with E-state index < -0.39 is 36.3 Å². The molecule has 1 atom stereocenters. The predicted molar refractivity (Wildman–Crippen MR) is 44.0 cm³/mol. The van der Waals surface area contributed by atoms with E-state index in [-0.39, 0.29) is 118 Å². The topological polar surface area (TPSA) is 187 Å². The maximum Gasteiger partial charge on any atom is 1.00 e. The van der Waals surface area contributed by atoms with Gasteiger partial charge in [-0.05, 0) is 13.8 Å². The van der Waals surface area contributed by atoms with Gasteiger partial charge in [-0.2, -0.15) is 0 Å². The Balaban J connectivity index is -0.0000000285. The Morgan fingerprint density at radius 2 is 1.00 bits per heavy atom. The molecule has 0 unspecified atom stereocenters. The van der Waals surface area contributed by atoms with Crippen LogP contribution in [0.15, 0.2) is 0 Å². The summed E-state index contributed by atoms with van der Waals surface area (Å²) in [6.07, 6.45) is -0.706. The smallest absolute Gasteiger partial charge is 0.550 e. The number of nitrogens with two attached hydrogens (primary N) is 1. The van der Waals surface area contributed by atoms with Crippen molar-refractivity contribution in [2.75, 3.05) is 0 Å². The van der Waals surface area contributed by atoms with Crippen molar-refractivity contribution in [3.8, 4) is 0 Å². The average molecular weight is 341 g/mol. The molecule has 0 aromatic carbocycles. The van der Waals surface area contributed by atoms with Gasteiger partial charge in [0.1, 0.15) is 0 Å². The molecule has 0 rings (SSSR count). The normalized spacial score (nSPS) is 7.76. The zero-order chi connectivity index (χ0) is 14.6. The fourth-order valence-corrected chi connectivity index (χ4v) is 0.263. The van der Waals surface area contributed by atoms with Crippen LogP contribution >= 0.6 is 0 Å². The molecule has 0 bridgehead atoms. The molecule has 0 aromatic heterocycles. The molecule has 0 spiro atoms. The van der Waals surface area contributed by atoms with E-state index in [2.05, 4.69) is 0 Å². The van der Waals surface area contributed by atoms with Crippen molar-refractivity contribution < 1.29 is 158 Å². The average Bonchev–Trinajstić information content (AvgIpc) is 1.99. The van der Waals surface area contributed by atoms with Crippen LogP contribution in [-0.2, 0) is 19.2 Å². The van der Waals surface area contributed by atoms with Crippen molar-refractivity contribution in [2.24, 2.45) is 5.73 Å². The molecular formula is C8H11NNa4O8. The van der Waals surface area contributed by atoms with E-state index in [4.69, 9.17) is 25.5 Å². The molecule has 21 heavy (non-hydrogen) atoms. The SMILES string of the molecule is CC(=O)[O-].CC(=O)[O-].N[C@@H](CC(=O)[O-])C(=O)[O-].[Na+].[Na+].[Na+].[Na+]. The van der Waals surface area contributed by atoms with Crippen LogP contribution in [0.2, 0.25) is 0 Å². The van der Waals surface area contributed by atoms with Crippen LogP contribution in [0, 0.1) is 0 Å². The van der Waals surface area contributed by atoms with Gasteiger partial charge in [-0.25, -0.2) is 0 Å². The number of aliphatic carboxylic acids is 4. The molecule has 100 valence electrons. The second-order valence-corrected chi connectivity index (χ2v) is 2.48. The van der Waals surface area contributed by atoms with Gasteiger partial charge in [0, 0.05) is 30.4 Å². The van der Waals surface area contributed by atoms with Gasteiger partial charge in [-0.3, -0.25) is 0 Å². The summed E-state index contributed by atoms with van der Waals surface area (Å²) < 4.78 is 0. The molecule has 0 saturated carbocycles. The van der Waals surface area contributed by atoms with E-state index >= 15 is 0 Å². The number of rotatable bonds is 3. The summed E-state index contributed by atoms with van der Waals surface area (Å²) >= 11 is 0. The molecule has 9 nitrogen and oxygen atoms in total. The fourth-order valence-electron chi connectivity index (χ4n) is 0.263. The van der Waals surface area contributed by atoms with Crippen LogP contribution in [0.3, 0.4) is 0 Å². The third-order valence-corrected chi connectivity index (χ3v) is 0.689. The standard InChI is InChI=1S/C4H7NO4.2C2H4O2.4Na/c5-2(4(8)9)1-3(6)7;2*1-2(3)4;;;;/h2H,1,5H2,(H,6,7)(H,8,9);2*1H3,(H,3,4);;;;/q;;;4*+1/p-4/t2-;;;;;;/m0....../s1. The number of carboxylic acids is 4. The van der Waals surface area contributed by atoms with Crippen molar-refractivity contribution >= 4 is 23.9 Å². The monoisotopic (exact) mass is 341 g/mol. The molecule has 0 radical (unpaired) electrons. The molecule has 2 N–H and O–H groups in total. The first-order valence-corrected chi connectivity index (χ1v) is 4.02. The first kappa shape index (κ1) is 43.4. The maximum atomic E-state index is 9.71. The molecule has 0 aliphatic heterocycles. The second kappa shape index (κ2) is 29.8. The van der Waals surface area contributed by atoms with Crippen LogP contribution in [0.1, 0.15) is 20.3 Å². The number of carbonyl (C=O) groups is 4. The van der Waals surface area contributed by atoms with Crippen LogP contribution in [0.5, 0.6) is 0 Å². The Labute approximate surface area is 210 Å². The van der Waals surface area contributed by atoms with E-state index in [0.29, 0.717) is 0 Å². The van der Waals surface area contributed by atoms with E-state index in [0.717, 1.165) is 13.8 Å². The Bertz CT molecular complexity index is 269. The predicted octanol–water partition coefficient (Wildman–Crippen LogP) is -18.3. The number of hydrogen-bond donors (Lipinski definition) is 1. The van der Waals surface area contributed by atoms with Crippen LogP contribution in [-0.4, -0.2) is 29.9 Å². The summed E-state index contributed by atoms with van der Waals surface area (Å²) in [4.78, 5) is 37.1. The molecule has 13 heteroatoms. The van der Waals surface area contributed by atoms with Gasteiger partial charge in [0.25, 0.3) is 0 Å². The van der Waals surface area contributed by atoms with Gasteiger partial charge in [0.05, 0.1) is 5.97 Å². The molecular weight excluding hydrogens is 330 g/mol. The summed E-state index contributed by atoms with van der Waals surface area (Å²) in [7, 11) is 0. The van der Waals surface area contributed by atoms with Crippen LogP contribution < -0.4 is 144 Å². The van der Waals surface area contributed by atoms with E-state index in [1.807, 2.05) is 0 Å². The van der Waals surface area contributed by atoms with Crippen molar-refractivity contribution in [3.05, 3.63) is 0 Å². The molecule has 0 saturated heterocycles. The Hall–Kier alpha value is 1.84. The van der Waals surface area contributed by atoms with Gasteiger partial charge in [0.15, 0.2) is 0 Å². The van der Waals surface area contributed by atoms with E-state index in [1.165, 1.54) is 0 Å².